The number of halogens is 1. The summed E-state index contributed by atoms with van der Waals surface area (Å²) in [5.74, 6) is -0.155. The molecule has 0 saturated heterocycles. The van der Waals surface area contributed by atoms with Gasteiger partial charge in [0.05, 0.1) is 11.6 Å². The monoisotopic (exact) mass is 225 g/mol. The maximum atomic E-state index is 10.7. The predicted molar refractivity (Wildman–Crippen MR) is 47.3 cm³/mol. The normalized spacial score (nSPS) is 8.77. The Morgan fingerprint density at radius 2 is 2.15 bits per heavy atom. The second-order valence-corrected chi connectivity index (χ2v) is 2.52. The van der Waals surface area contributed by atoms with Gasteiger partial charge in [0.15, 0.2) is 0 Å². The van der Waals surface area contributed by atoms with Gasteiger partial charge in [0.1, 0.15) is 5.75 Å². The van der Waals surface area contributed by atoms with E-state index in [0.29, 0.717) is 10.8 Å². The molecule has 66 valence electrons. The van der Waals surface area contributed by atoms with Crippen molar-refractivity contribution in [2.45, 2.75) is 0 Å². The molecule has 0 bridgehead atoms. The first-order valence-corrected chi connectivity index (χ1v) is 3.77. The molecule has 0 fully saturated rings. The van der Waals surface area contributed by atoms with Gasteiger partial charge in [-0.3, -0.25) is 4.79 Å². The molecule has 0 aromatic heterocycles. The van der Waals surface area contributed by atoms with Crippen molar-refractivity contribution in [3.05, 3.63) is 29.3 Å². The zero-order valence-electron chi connectivity index (χ0n) is 8.29. The summed E-state index contributed by atoms with van der Waals surface area (Å²) in [6, 6.07) is 6.73. The van der Waals surface area contributed by atoms with Crippen LogP contribution in [0.2, 0.25) is 5.02 Å². The maximum Gasteiger partial charge on any atom is 1.00 e. The van der Waals surface area contributed by atoms with E-state index in [1.165, 1.54) is 0 Å². The van der Waals surface area contributed by atoms with Crippen LogP contribution in [-0.2, 0) is 4.79 Å². The minimum Gasteiger partial charge on any atom is -1.00 e. The average Bonchev–Trinajstić information content (AvgIpc) is 2.09. The van der Waals surface area contributed by atoms with Crippen LogP contribution in [-0.4, -0.2) is 12.5 Å². The Morgan fingerprint density at radius 1 is 1.54 bits per heavy atom. The van der Waals surface area contributed by atoms with Gasteiger partial charge in [-0.05, 0) is 12.1 Å². The van der Waals surface area contributed by atoms with E-state index in [4.69, 9.17) is 22.1 Å². The van der Waals surface area contributed by atoms with Crippen molar-refractivity contribution in [1.82, 2.24) is 0 Å². The Hall–Kier alpha value is 0.576. The number of hydrogen-bond donors (Lipinski definition) is 1. The number of benzene rings is 1. The second-order valence-electron chi connectivity index (χ2n) is 2.11. The van der Waals surface area contributed by atoms with Crippen molar-refractivity contribution < 1.29 is 62.3 Å². The molecule has 0 atom stereocenters. The average molecular weight is 226 g/mol. The summed E-state index contributed by atoms with van der Waals surface area (Å²) in [5, 5.41) is 0.402. The van der Waals surface area contributed by atoms with E-state index in [0.717, 1.165) is 0 Å². The first-order valence-electron chi connectivity index (χ1n) is 3.39. The third kappa shape index (κ3) is 4.55. The molecule has 0 aliphatic heterocycles. The summed E-state index contributed by atoms with van der Waals surface area (Å²) >= 11 is 5.71. The molecule has 1 rings (SSSR count). The number of rotatable bonds is 2. The summed E-state index contributed by atoms with van der Waals surface area (Å²) in [6.07, 6.45) is 0. The molecule has 5 heteroatoms. The Kier molecular flexibility index (Phi) is 7.25. The van der Waals surface area contributed by atoms with Crippen LogP contribution in [0.3, 0.4) is 0 Å². The van der Waals surface area contributed by atoms with Gasteiger partial charge in [-0.2, -0.15) is 0 Å². The zero-order chi connectivity index (χ0) is 8.97. The molecule has 13 heavy (non-hydrogen) atoms. The van der Waals surface area contributed by atoms with Gasteiger partial charge >= 0.3 is 57.4 Å². The number of esters is 1. The molecule has 0 amide bonds. The van der Waals surface area contributed by atoms with Crippen molar-refractivity contribution in [2.24, 2.45) is 5.73 Å². The van der Waals surface area contributed by atoms with Crippen LogP contribution in [0.15, 0.2) is 24.3 Å². The Morgan fingerprint density at radius 3 is 2.69 bits per heavy atom. The third-order valence-electron chi connectivity index (χ3n) is 1.23. The van der Waals surface area contributed by atoms with Crippen molar-refractivity contribution >= 4 is 17.6 Å². The summed E-state index contributed by atoms with van der Waals surface area (Å²) in [6.45, 7) is -0.148. The van der Waals surface area contributed by atoms with Crippen molar-refractivity contribution in [1.29, 1.82) is 0 Å². The molecule has 0 spiro atoms. The first kappa shape index (κ1) is 13.6. The largest absolute Gasteiger partial charge is 1.00 e. The summed E-state index contributed by atoms with van der Waals surface area (Å²) in [7, 11) is 0. The summed E-state index contributed by atoms with van der Waals surface area (Å²) in [5.41, 5.74) is 5.05. The smallest absolute Gasteiger partial charge is 1.00 e. The van der Waals surface area contributed by atoms with Crippen molar-refractivity contribution in [3.8, 4) is 5.75 Å². The fourth-order valence-electron chi connectivity index (χ4n) is 0.692. The van der Waals surface area contributed by atoms with Crippen LogP contribution in [0.5, 0.6) is 5.75 Å². The van der Waals surface area contributed by atoms with E-state index in [2.05, 4.69) is 0 Å². The molecular weight excluding hydrogens is 217 g/mol. The Balaban J connectivity index is 0. The van der Waals surface area contributed by atoms with Gasteiger partial charge in [-0.15, -0.1) is 0 Å². The number of carbonyl (C=O) groups excluding carboxylic acids is 1. The Labute approximate surface area is 125 Å². The van der Waals surface area contributed by atoms with Crippen molar-refractivity contribution in [3.63, 3.8) is 0 Å². The van der Waals surface area contributed by atoms with Crippen LogP contribution in [0.1, 0.15) is 1.43 Å². The molecule has 3 nitrogen and oxygen atoms in total. The number of ether oxygens (including phenoxy) is 1. The van der Waals surface area contributed by atoms with Crippen LogP contribution in [0, 0.1) is 0 Å². The van der Waals surface area contributed by atoms with Gasteiger partial charge in [0.2, 0.25) is 0 Å². The molecule has 1 aromatic rings. The van der Waals surface area contributed by atoms with E-state index in [9.17, 15) is 4.79 Å². The Bertz CT molecular complexity index is 298. The molecule has 2 N–H and O–H groups in total. The van der Waals surface area contributed by atoms with Gasteiger partial charge in [-0.1, -0.05) is 23.7 Å². The number of carbonyl (C=O) groups is 1. The van der Waals surface area contributed by atoms with Crippen LogP contribution < -0.4 is 61.9 Å². The number of hydrogen-bond acceptors (Lipinski definition) is 3. The van der Waals surface area contributed by atoms with Crippen molar-refractivity contribution in [2.75, 3.05) is 6.54 Å². The van der Waals surface area contributed by atoms with Crippen LogP contribution in [0.4, 0.5) is 0 Å². The molecule has 1 aromatic carbocycles. The molecule has 0 radical (unpaired) electrons. The number of para-hydroxylation sites is 1. The fraction of sp³-hybridized carbons (Fsp3) is 0.125. The summed E-state index contributed by atoms with van der Waals surface area (Å²) in [4.78, 5) is 10.7. The predicted octanol–water partition coefficient (Wildman–Crippen LogP) is -1.68. The van der Waals surface area contributed by atoms with E-state index in [-0.39, 0.29) is 59.4 Å². The maximum absolute atomic E-state index is 10.7. The topological polar surface area (TPSA) is 52.3 Å². The number of nitrogens with two attached hydrogens (primary N) is 1. The minimum absolute atomic E-state index is 0. The molecule has 0 saturated carbocycles. The third-order valence-corrected chi connectivity index (χ3v) is 1.54. The van der Waals surface area contributed by atoms with E-state index >= 15 is 0 Å². The van der Waals surface area contributed by atoms with Crippen LogP contribution >= 0.6 is 11.6 Å². The van der Waals surface area contributed by atoms with Gasteiger partial charge in [-0.25, -0.2) is 0 Å². The van der Waals surface area contributed by atoms with Gasteiger partial charge in [0, 0.05) is 0 Å². The zero-order valence-corrected chi connectivity index (χ0v) is 11.2. The van der Waals surface area contributed by atoms with Gasteiger partial charge < -0.3 is 11.9 Å². The minimum atomic E-state index is -0.497. The van der Waals surface area contributed by atoms with E-state index in [1.54, 1.807) is 24.3 Å². The first-order chi connectivity index (χ1) is 5.74. The van der Waals surface area contributed by atoms with Gasteiger partial charge in [0.25, 0.3) is 0 Å². The molecule has 0 aliphatic rings. The molecule has 0 unspecified atom stereocenters. The van der Waals surface area contributed by atoms with E-state index in [1.807, 2.05) is 0 Å². The quantitative estimate of drug-likeness (QED) is 0.372. The summed E-state index contributed by atoms with van der Waals surface area (Å²) < 4.78 is 4.80. The SMILES string of the molecule is NCC(=O)Oc1ccccc1Cl.[H-].[K+]. The molecular formula is C8H9ClKNO2. The van der Waals surface area contributed by atoms with Crippen LogP contribution in [0.25, 0.3) is 0 Å². The van der Waals surface area contributed by atoms with E-state index < -0.39 is 5.97 Å². The fourth-order valence-corrected chi connectivity index (χ4v) is 0.866. The standard InChI is InChI=1S/C8H8ClNO2.K.H/c9-6-3-1-2-4-7(6)12-8(11)5-10;;/h1-4H,5,10H2;;/q;+1;-1. The second kappa shape index (κ2) is 6.95. The molecule has 0 heterocycles. The molecule has 0 aliphatic carbocycles.